The van der Waals surface area contributed by atoms with Crippen LogP contribution < -0.4 is 15.8 Å². The lowest BCUT2D eigenvalue weighted by atomic mass is 9.55. The van der Waals surface area contributed by atoms with Gasteiger partial charge in [-0.05, 0) is 148 Å². The molecule has 11 heteroatoms. The second kappa shape index (κ2) is 12.6. The highest BCUT2D eigenvalue weighted by Gasteiger charge is 2.55. The van der Waals surface area contributed by atoms with Crippen LogP contribution in [0, 0.1) is 28.9 Å². The molecule has 0 spiro atoms. The molecule has 0 radical (unpaired) electrons. The van der Waals surface area contributed by atoms with Crippen molar-refractivity contribution >= 4 is 36.8 Å². The van der Waals surface area contributed by atoms with Gasteiger partial charge in [0.15, 0.2) is 0 Å². The third-order valence-corrected chi connectivity index (χ3v) is 14.0. The van der Waals surface area contributed by atoms with Crippen molar-refractivity contribution in [1.29, 1.82) is 0 Å². The maximum absolute atomic E-state index is 15.5. The van der Waals surface area contributed by atoms with Crippen LogP contribution in [0.2, 0.25) is 0 Å². The number of hydrogen-bond acceptors (Lipinski definition) is 6. The molecule has 0 aromatic heterocycles. The molecule has 2 atom stereocenters. The molecule has 0 bridgehead atoms. The van der Waals surface area contributed by atoms with Gasteiger partial charge < -0.3 is 23.5 Å². The third kappa shape index (κ3) is 6.21. The Morgan fingerprint density at radius 2 is 1.39 bits per heavy atom. The SMILES string of the molecule is CCC1(C(=O)N(C)c2ccc(B3OC(C)(C)C(C)(C)O3)c(F)c2)CC(C2CCCN(C3CCc4cc(F)c(B5OC(C)(C)C(C)(C)O5)cc43)C2)C1. The topological polar surface area (TPSA) is 60.5 Å². The first kappa shape index (κ1) is 37.0. The lowest BCUT2D eigenvalue weighted by Crippen LogP contribution is -2.53. The summed E-state index contributed by atoms with van der Waals surface area (Å²) in [4.78, 5) is 18.3. The fourth-order valence-electron chi connectivity index (χ4n) is 9.11. The summed E-state index contributed by atoms with van der Waals surface area (Å²) in [6.45, 7) is 19.9. The number of carbonyl (C=O) groups is 1. The summed E-state index contributed by atoms with van der Waals surface area (Å²) >= 11 is 0. The van der Waals surface area contributed by atoms with E-state index in [0.717, 1.165) is 63.6 Å². The Morgan fingerprint density at radius 3 is 1.96 bits per heavy atom. The Balaban J connectivity index is 1.01. The number of amides is 1. The van der Waals surface area contributed by atoms with Gasteiger partial charge in [-0.15, -0.1) is 0 Å². The van der Waals surface area contributed by atoms with E-state index < -0.39 is 47.9 Å². The predicted octanol–water partition coefficient (Wildman–Crippen LogP) is 6.73. The number of nitrogens with zero attached hydrogens (tertiary/aromatic N) is 2. The van der Waals surface area contributed by atoms with E-state index in [2.05, 4.69) is 11.8 Å². The van der Waals surface area contributed by atoms with Crippen LogP contribution in [-0.4, -0.2) is 67.6 Å². The summed E-state index contributed by atoms with van der Waals surface area (Å²) in [6, 6.07) is 8.87. The quantitative estimate of drug-likeness (QED) is 0.298. The molecule has 2 aromatic carbocycles. The second-order valence-corrected chi connectivity index (χ2v) is 18.1. The van der Waals surface area contributed by atoms with E-state index in [1.54, 1.807) is 30.1 Å². The molecule has 0 N–H and O–H groups in total. The van der Waals surface area contributed by atoms with Gasteiger partial charge in [0.1, 0.15) is 11.6 Å². The van der Waals surface area contributed by atoms with Crippen molar-refractivity contribution in [2.45, 2.75) is 136 Å². The number of halogens is 2. The van der Waals surface area contributed by atoms with Crippen molar-refractivity contribution in [3.63, 3.8) is 0 Å². The van der Waals surface area contributed by atoms with Gasteiger partial charge in [-0.1, -0.05) is 19.1 Å². The van der Waals surface area contributed by atoms with Gasteiger partial charge in [0.2, 0.25) is 5.91 Å². The van der Waals surface area contributed by atoms with Crippen LogP contribution in [0.3, 0.4) is 0 Å². The fourth-order valence-corrected chi connectivity index (χ4v) is 9.11. The number of anilines is 1. The number of piperidine rings is 1. The summed E-state index contributed by atoms with van der Waals surface area (Å²) in [5.74, 6) is 0.318. The first-order chi connectivity index (χ1) is 23.8. The minimum Gasteiger partial charge on any atom is -0.399 e. The highest BCUT2D eigenvalue weighted by molar-refractivity contribution is 6.62. The zero-order valence-electron chi connectivity index (χ0n) is 32.3. The second-order valence-electron chi connectivity index (χ2n) is 18.1. The first-order valence-electron chi connectivity index (χ1n) is 19.1. The molecule has 5 aliphatic rings. The lowest BCUT2D eigenvalue weighted by molar-refractivity contribution is -0.139. The number of aryl methyl sites for hydroxylation is 1. The van der Waals surface area contributed by atoms with Crippen LogP contribution in [0.5, 0.6) is 0 Å². The van der Waals surface area contributed by atoms with E-state index in [9.17, 15) is 4.79 Å². The predicted molar refractivity (Wildman–Crippen MR) is 198 cm³/mol. The molecule has 3 heterocycles. The monoisotopic (exact) mass is 704 g/mol. The molecule has 1 saturated carbocycles. The summed E-state index contributed by atoms with van der Waals surface area (Å²) < 4.78 is 55.6. The van der Waals surface area contributed by atoms with Gasteiger partial charge in [0.05, 0.1) is 27.8 Å². The summed E-state index contributed by atoms with van der Waals surface area (Å²) in [5.41, 5.74) is 0.994. The van der Waals surface area contributed by atoms with Crippen molar-refractivity contribution in [2.24, 2.45) is 17.3 Å². The molecular formula is C40H56B2F2N2O5. The van der Waals surface area contributed by atoms with Crippen LogP contribution in [-0.2, 0) is 29.8 Å². The van der Waals surface area contributed by atoms with E-state index in [-0.39, 0.29) is 17.8 Å². The van der Waals surface area contributed by atoms with E-state index in [0.29, 0.717) is 28.4 Å². The van der Waals surface area contributed by atoms with E-state index >= 15 is 8.78 Å². The first-order valence-corrected chi connectivity index (χ1v) is 19.1. The Hall–Kier alpha value is -2.30. The summed E-state index contributed by atoms with van der Waals surface area (Å²) in [7, 11) is 0.232. The van der Waals surface area contributed by atoms with Crippen molar-refractivity contribution < 1.29 is 32.2 Å². The third-order valence-electron chi connectivity index (χ3n) is 14.0. The Kier molecular flexibility index (Phi) is 9.18. The largest absolute Gasteiger partial charge is 0.497 e. The molecule has 3 aliphatic heterocycles. The average molecular weight is 705 g/mol. The maximum Gasteiger partial charge on any atom is 0.497 e. The van der Waals surface area contributed by atoms with Crippen LogP contribution in [0.4, 0.5) is 14.5 Å². The molecule has 3 saturated heterocycles. The van der Waals surface area contributed by atoms with Gasteiger partial charge in [-0.2, -0.15) is 0 Å². The van der Waals surface area contributed by atoms with E-state index in [4.69, 9.17) is 18.6 Å². The standard InChI is InChI=1S/C40H56B2F2N2O5/c1-11-40(35(47)45(10)28-15-16-30(33(44)20-28)41-48-36(2,3)37(4,5)49-41)22-27(23-40)26-13-12-18-46(24-26)34-17-14-25-19-32(43)31(21-29(25)34)42-50-38(6,7)39(8,9)51-42/h15-16,19-21,26-27,34H,11-14,17-18,22-24H2,1-10H3. The van der Waals surface area contributed by atoms with E-state index in [1.165, 1.54) is 11.6 Å². The van der Waals surface area contributed by atoms with Gasteiger partial charge in [-0.25, -0.2) is 8.78 Å². The molecule has 1 amide bonds. The minimum atomic E-state index is -0.800. The van der Waals surface area contributed by atoms with Crippen LogP contribution in [0.1, 0.15) is 118 Å². The number of fused-ring (bicyclic) bond motifs is 1. The number of benzene rings is 2. The van der Waals surface area contributed by atoms with Crippen molar-refractivity contribution in [1.82, 2.24) is 4.90 Å². The molecule has 276 valence electrons. The van der Waals surface area contributed by atoms with Crippen LogP contribution in [0.15, 0.2) is 30.3 Å². The molecule has 7 nitrogen and oxygen atoms in total. The average Bonchev–Trinajstić information content (AvgIpc) is 3.62. The molecule has 2 aromatic rings. The van der Waals surface area contributed by atoms with Gasteiger partial charge in [-0.3, -0.25) is 9.69 Å². The van der Waals surface area contributed by atoms with Crippen molar-refractivity contribution in [3.05, 3.63) is 53.1 Å². The van der Waals surface area contributed by atoms with Crippen LogP contribution >= 0.6 is 0 Å². The van der Waals surface area contributed by atoms with Gasteiger partial charge in [0.25, 0.3) is 0 Å². The highest BCUT2D eigenvalue weighted by Crippen LogP contribution is 2.54. The highest BCUT2D eigenvalue weighted by atomic mass is 19.1. The lowest BCUT2D eigenvalue weighted by Gasteiger charge is -2.52. The molecule has 7 rings (SSSR count). The fraction of sp³-hybridized carbons (Fsp3) is 0.675. The number of carbonyl (C=O) groups excluding carboxylic acids is 1. The Labute approximate surface area is 304 Å². The molecule has 2 unspecified atom stereocenters. The Morgan fingerprint density at radius 1 is 0.824 bits per heavy atom. The minimum absolute atomic E-state index is 0.0543. The number of rotatable bonds is 7. The smallest absolute Gasteiger partial charge is 0.399 e. The number of likely N-dealkylation sites (tertiary alicyclic amines) is 1. The summed E-state index contributed by atoms with van der Waals surface area (Å²) in [6.07, 6.45) is 6.55. The molecule has 2 aliphatic carbocycles. The summed E-state index contributed by atoms with van der Waals surface area (Å²) in [5, 5.41) is 0. The zero-order valence-corrected chi connectivity index (χ0v) is 32.3. The van der Waals surface area contributed by atoms with Gasteiger partial charge >= 0.3 is 14.2 Å². The van der Waals surface area contributed by atoms with Gasteiger partial charge in [0, 0.05) is 36.2 Å². The van der Waals surface area contributed by atoms with E-state index in [1.807, 2.05) is 61.5 Å². The van der Waals surface area contributed by atoms with Crippen LogP contribution in [0.25, 0.3) is 0 Å². The molecule has 4 fully saturated rings. The maximum atomic E-state index is 15.5. The molecule has 51 heavy (non-hydrogen) atoms. The number of hydrogen-bond donors (Lipinski definition) is 0. The zero-order chi connectivity index (χ0) is 36.9. The van der Waals surface area contributed by atoms with Crippen molar-refractivity contribution in [2.75, 3.05) is 25.0 Å². The van der Waals surface area contributed by atoms with Crippen molar-refractivity contribution in [3.8, 4) is 0 Å². The Bertz CT molecular complexity index is 1660. The normalized spacial score (nSPS) is 30.7. The molecular weight excluding hydrogens is 648 g/mol.